The van der Waals surface area contributed by atoms with E-state index in [9.17, 15) is 9.59 Å². The average molecular weight is 362 g/mol. The number of thiophene rings is 1. The third kappa shape index (κ3) is 4.19. The van der Waals surface area contributed by atoms with Crippen LogP contribution in [0.1, 0.15) is 35.1 Å². The van der Waals surface area contributed by atoms with E-state index in [-0.39, 0.29) is 18.0 Å². The number of carbonyl (C=O) groups excluding carboxylic acids is 2. The van der Waals surface area contributed by atoms with E-state index in [0.717, 1.165) is 10.6 Å². The van der Waals surface area contributed by atoms with E-state index in [2.05, 4.69) is 15.5 Å². The Labute approximate surface area is 150 Å². The van der Waals surface area contributed by atoms with Crippen LogP contribution in [0.2, 0.25) is 0 Å². The fourth-order valence-corrected chi connectivity index (χ4v) is 3.66. The van der Waals surface area contributed by atoms with Crippen LogP contribution in [0.5, 0.6) is 0 Å². The predicted octanol–water partition coefficient (Wildman–Crippen LogP) is 2.80. The fraction of sp³-hybridized carbons (Fsp3) is 0.471. The molecule has 0 aromatic carbocycles. The summed E-state index contributed by atoms with van der Waals surface area (Å²) in [4.78, 5) is 28.0. The molecule has 134 valence electrons. The first kappa shape index (κ1) is 17.5. The zero-order valence-electron chi connectivity index (χ0n) is 14.4. The molecule has 1 aliphatic heterocycles. The van der Waals surface area contributed by atoms with E-state index in [1.165, 1.54) is 4.88 Å². The lowest BCUT2D eigenvalue weighted by Crippen LogP contribution is -2.46. The number of nitrogens with one attached hydrogen (secondary N) is 2. The van der Waals surface area contributed by atoms with Gasteiger partial charge in [-0.15, -0.1) is 11.3 Å². The fourth-order valence-electron chi connectivity index (χ4n) is 2.82. The van der Waals surface area contributed by atoms with Crippen molar-refractivity contribution in [2.45, 2.75) is 32.7 Å². The number of hydrogen-bond acceptors (Lipinski definition) is 5. The van der Waals surface area contributed by atoms with Gasteiger partial charge in [0.15, 0.2) is 5.69 Å². The van der Waals surface area contributed by atoms with Crippen LogP contribution in [0.3, 0.4) is 0 Å². The Kier molecular flexibility index (Phi) is 5.37. The van der Waals surface area contributed by atoms with Crippen molar-refractivity contribution in [1.29, 1.82) is 0 Å². The molecule has 0 unspecified atom stereocenters. The maximum Gasteiger partial charge on any atom is 0.409 e. The molecule has 0 saturated carbocycles. The predicted molar refractivity (Wildman–Crippen MR) is 95.7 cm³/mol. The van der Waals surface area contributed by atoms with Gasteiger partial charge in [0.2, 0.25) is 0 Å². The number of amides is 2. The van der Waals surface area contributed by atoms with Gasteiger partial charge < -0.3 is 15.0 Å². The number of H-pyrrole nitrogens is 1. The van der Waals surface area contributed by atoms with Crippen molar-refractivity contribution in [3.8, 4) is 10.6 Å². The molecule has 1 aliphatic rings. The third-order valence-corrected chi connectivity index (χ3v) is 5.21. The number of aryl methyl sites for hydroxylation is 1. The van der Waals surface area contributed by atoms with Crippen LogP contribution >= 0.6 is 11.3 Å². The van der Waals surface area contributed by atoms with Gasteiger partial charge in [0.1, 0.15) is 0 Å². The second-order valence-corrected chi connectivity index (χ2v) is 7.30. The molecule has 3 heterocycles. The average Bonchev–Trinajstić information content (AvgIpc) is 3.24. The highest BCUT2D eigenvalue weighted by Gasteiger charge is 2.25. The monoisotopic (exact) mass is 362 g/mol. The Morgan fingerprint density at radius 1 is 1.40 bits per heavy atom. The molecule has 2 N–H and O–H groups in total. The van der Waals surface area contributed by atoms with Crippen molar-refractivity contribution in [2.75, 3.05) is 19.7 Å². The van der Waals surface area contributed by atoms with E-state index in [0.29, 0.717) is 38.2 Å². The molecule has 1 fully saturated rings. The van der Waals surface area contributed by atoms with Crippen LogP contribution in [-0.2, 0) is 4.74 Å². The van der Waals surface area contributed by atoms with Gasteiger partial charge in [-0.3, -0.25) is 9.89 Å². The number of hydrogen-bond donors (Lipinski definition) is 2. The van der Waals surface area contributed by atoms with Gasteiger partial charge in [-0.25, -0.2) is 4.79 Å². The summed E-state index contributed by atoms with van der Waals surface area (Å²) in [5, 5.41) is 10.0. The van der Waals surface area contributed by atoms with Crippen molar-refractivity contribution in [3.05, 3.63) is 28.8 Å². The first-order valence-electron chi connectivity index (χ1n) is 8.41. The van der Waals surface area contributed by atoms with Crippen molar-refractivity contribution in [3.63, 3.8) is 0 Å². The molecule has 2 aromatic heterocycles. The molecular weight excluding hydrogens is 340 g/mol. The zero-order valence-corrected chi connectivity index (χ0v) is 15.2. The number of piperidine rings is 1. The summed E-state index contributed by atoms with van der Waals surface area (Å²) in [5.74, 6) is -0.189. The lowest BCUT2D eigenvalue weighted by Gasteiger charge is -2.31. The Morgan fingerprint density at radius 3 is 2.80 bits per heavy atom. The van der Waals surface area contributed by atoms with Crippen molar-refractivity contribution >= 4 is 23.3 Å². The summed E-state index contributed by atoms with van der Waals surface area (Å²) in [6.07, 6.45) is 1.15. The normalized spacial score (nSPS) is 15.2. The standard InChI is InChI=1S/C17H22N4O3S/c1-3-24-17(23)21-8-6-12(7-9-21)18-16(22)14-10-13(19-20-14)15-5-4-11(2)25-15/h4-5,10,12H,3,6-9H2,1-2H3,(H,18,22)(H,19,20). The molecule has 0 bridgehead atoms. The molecule has 0 radical (unpaired) electrons. The van der Waals surface area contributed by atoms with E-state index >= 15 is 0 Å². The smallest absolute Gasteiger partial charge is 0.409 e. The molecule has 0 aliphatic carbocycles. The summed E-state index contributed by atoms with van der Waals surface area (Å²) < 4.78 is 5.00. The molecule has 1 saturated heterocycles. The van der Waals surface area contributed by atoms with Crippen molar-refractivity contribution < 1.29 is 14.3 Å². The Bertz CT molecular complexity index is 747. The SMILES string of the molecule is CCOC(=O)N1CCC(NC(=O)c2cc(-c3ccc(C)s3)[nH]n2)CC1. The van der Waals surface area contributed by atoms with Gasteiger partial charge in [-0.1, -0.05) is 0 Å². The maximum absolute atomic E-state index is 12.4. The third-order valence-electron chi connectivity index (χ3n) is 4.17. The van der Waals surface area contributed by atoms with Gasteiger partial charge in [-0.05, 0) is 44.9 Å². The van der Waals surface area contributed by atoms with Crippen LogP contribution in [0.25, 0.3) is 10.6 Å². The first-order chi connectivity index (χ1) is 12.1. The number of carbonyl (C=O) groups is 2. The molecule has 25 heavy (non-hydrogen) atoms. The second-order valence-electron chi connectivity index (χ2n) is 6.01. The molecule has 3 rings (SSSR count). The van der Waals surface area contributed by atoms with E-state index in [4.69, 9.17) is 4.74 Å². The van der Waals surface area contributed by atoms with Crippen molar-refractivity contribution in [1.82, 2.24) is 20.4 Å². The molecular formula is C17H22N4O3S. The molecule has 7 nitrogen and oxygen atoms in total. The van der Waals surface area contributed by atoms with Crippen molar-refractivity contribution in [2.24, 2.45) is 0 Å². The number of rotatable bonds is 4. The summed E-state index contributed by atoms with van der Waals surface area (Å²) in [6.45, 7) is 5.39. The summed E-state index contributed by atoms with van der Waals surface area (Å²) in [6, 6.07) is 5.87. The minimum Gasteiger partial charge on any atom is -0.450 e. The number of ether oxygens (including phenoxy) is 1. The minimum absolute atomic E-state index is 0.0438. The summed E-state index contributed by atoms with van der Waals surface area (Å²) in [5.41, 5.74) is 1.23. The molecule has 8 heteroatoms. The second kappa shape index (κ2) is 7.69. The van der Waals surface area contributed by atoms with E-state index < -0.39 is 0 Å². The maximum atomic E-state index is 12.4. The van der Waals surface area contributed by atoms with Gasteiger partial charge in [0.25, 0.3) is 5.91 Å². The highest BCUT2D eigenvalue weighted by atomic mass is 32.1. The largest absolute Gasteiger partial charge is 0.450 e. The molecule has 0 atom stereocenters. The number of nitrogens with zero attached hydrogens (tertiary/aromatic N) is 2. The quantitative estimate of drug-likeness (QED) is 0.875. The first-order valence-corrected chi connectivity index (χ1v) is 9.23. The van der Waals surface area contributed by atoms with Crippen LogP contribution in [0, 0.1) is 6.92 Å². The van der Waals surface area contributed by atoms with Gasteiger partial charge in [0, 0.05) is 24.0 Å². The lowest BCUT2D eigenvalue weighted by atomic mass is 10.1. The van der Waals surface area contributed by atoms with Gasteiger partial charge >= 0.3 is 6.09 Å². The summed E-state index contributed by atoms with van der Waals surface area (Å²) >= 11 is 1.66. The van der Waals surface area contributed by atoms with E-state index in [1.807, 2.05) is 19.1 Å². The Morgan fingerprint density at radius 2 is 2.16 bits per heavy atom. The molecule has 2 aromatic rings. The Balaban J connectivity index is 1.53. The highest BCUT2D eigenvalue weighted by molar-refractivity contribution is 7.15. The minimum atomic E-state index is -0.282. The number of likely N-dealkylation sites (tertiary alicyclic amines) is 1. The van der Waals surface area contributed by atoms with Crippen LogP contribution in [-0.4, -0.2) is 52.8 Å². The van der Waals surface area contributed by atoms with Gasteiger partial charge in [0.05, 0.1) is 17.2 Å². The molecule has 2 amide bonds. The highest BCUT2D eigenvalue weighted by Crippen LogP contribution is 2.26. The molecule has 0 spiro atoms. The van der Waals surface area contributed by atoms with Crippen LogP contribution < -0.4 is 5.32 Å². The topological polar surface area (TPSA) is 87.3 Å². The lowest BCUT2D eigenvalue weighted by molar-refractivity contribution is 0.0856. The van der Waals surface area contributed by atoms with Crippen LogP contribution in [0.4, 0.5) is 4.79 Å². The number of aromatic nitrogens is 2. The summed E-state index contributed by atoms with van der Waals surface area (Å²) in [7, 11) is 0. The number of aromatic amines is 1. The van der Waals surface area contributed by atoms with Gasteiger partial charge in [-0.2, -0.15) is 5.10 Å². The van der Waals surface area contributed by atoms with E-state index in [1.54, 1.807) is 29.2 Å². The Hall–Kier alpha value is -2.35. The van der Waals surface area contributed by atoms with Crippen LogP contribution in [0.15, 0.2) is 18.2 Å². The zero-order chi connectivity index (χ0) is 17.8.